The molecule has 3 aromatic heterocycles. The minimum absolute atomic E-state index is 0.0374. The minimum Gasteiger partial charge on any atom is -0.384 e. The van der Waals surface area contributed by atoms with E-state index in [2.05, 4.69) is 33.3 Å². The average Bonchev–Trinajstić information content (AvgIpc) is 3.15. The second kappa shape index (κ2) is 7.32. The zero-order valence-corrected chi connectivity index (χ0v) is 18.2. The maximum atomic E-state index is 12.8. The van der Waals surface area contributed by atoms with Gasteiger partial charge in [-0.2, -0.15) is 5.10 Å². The number of nitrogens with two attached hydrogens (primary N) is 1. The smallest absolute Gasteiger partial charge is 0.254 e. The van der Waals surface area contributed by atoms with Crippen molar-refractivity contribution in [1.82, 2.24) is 25.1 Å². The van der Waals surface area contributed by atoms with Crippen LogP contribution in [0.15, 0.2) is 36.8 Å². The van der Waals surface area contributed by atoms with Gasteiger partial charge in [0.2, 0.25) is 0 Å². The maximum Gasteiger partial charge on any atom is 0.254 e. The number of aryl methyl sites for hydroxylation is 2. The molecule has 1 saturated carbocycles. The molecule has 3 aromatic rings. The van der Waals surface area contributed by atoms with E-state index in [4.69, 9.17) is 10.7 Å². The van der Waals surface area contributed by atoms with E-state index in [0.717, 1.165) is 60.4 Å². The van der Waals surface area contributed by atoms with Crippen LogP contribution in [0.1, 0.15) is 51.6 Å². The number of fused-ring (bicyclic) bond motifs is 2. The molecule has 0 radical (unpaired) electrons. The molecule has 2 aliphatic carbocycles. The monoisotopic (exact) mass is 429 g/mol. The van der Waals surface area contributed by atoms with Crippen molar-refractivity contribution < 1.29 is 4.79 Å². The molecule has 3 N–H and O–H groups in total. The van der Waals surface area contributed by atoms with Crippen LogP contribution in [0.4, 0.5) is 11.6 Å². The zero-order chi connectivity index (χ0) is 21.8. The summed E-state index contributed by atoms with van der Waals surface area (Å²) in [6, 6.07) is 5.89. The van der Waals surface area contributed by atoms with Crippen LogP contribution in [0.25, 0.3) is 0 Å². The number of amides is 1. The Balaban J connectivity index is 1.11. The van der Waals surface area contributed by atoms with Gasteiger partial charge in [0.05, 0.1) is 24.3 Å². The number of nitrogen functional groups attached to an aromatic ring is 1. The summed E-state index contributed by atoms with van der Waals surface area (Å²) in [5.41, 5.74) is 10.7. The fraction of sp³-hybridized carbons (Fsp3) is 0.417. The molecule has 1 amide bonds. The van der Waals surface area contributed by atoms with Crippen LogP contribution in [-0.4, -0.2) is 38.7 Å². The van der Waals surface area contributed by atoms with Gasteiger partial charge in [-0.05, 0) is 66.8 Å². The summed E-state index contributed by atoms with van der Waals surface area (Å²) in [5.74, 6) is 3.25. The van der Waals surface area contributed by atoms with Gasteiger partial charge in [-0.3, -0.25) is 9.48 Å². The van der Waals surface area contributed by atoms with Crippen LogP contribution >= 0.6 is 0 Å². The van der Waals surface area contributed by atoms with E-state index in [1.807, 2.05) is 12.3 Å². The summed E-state index contributed by atoms with van der Waals surface area (Å²) in [4.78, 5) is 24.3. The largest absolute Gasteiger partial charge is 0.384 e. The number of piperidine rings is 1. The zero-order valence-electron chi connectivity index (χ0n) is 18.2. The van der Waals surface area contributed by atoms with Gasteiger partial charge in [-0.25, -0.2) is 9.97 Å². The van der Waals surface area contributed by atoms with Gasteiger partial charge in [-0.1, -0.05) is 6.07 Å². The number of pyridine rings is 2. The second-order valence-corrected chi connectivity index (χ2v) is 9.39. The Morgan fingerprint density at radius 1 is 1.25 bits per heavy atom. The Hall–Kier alpha value is -3.42. The third-order valence-electron chi connectivity index (χ3n) is 7.12. The summed E-state index contributed by atoms with van der Waals surface area (Å²) < 4.78 is 1.80. The van der Waals surface area contributed by atoms with Gasteiger partial charge in [0, 0.05) is 31.2 Å². The summed E-state index contributed by atoms with van der Waals surface area (Å²) in [6.45, 7) is 4.99. The SMILES string of the molecule is Cc1cc(N2CC3CC3C2)ncc1Cn1cc(C(=O)N[C@@H]2CCc3nc(N)ccc32)cn1. The molecule has 2 fully saturated rings. The Labute approximate surface area is 186 Å². The first-order valence-electron chi connectivity index (χ1n) is 11.3. The van der Waals surface area contributed by atoms with Crippen molar-refractivity contribution in [3.63, 3.8) is 0 Å². The molecule has 3 atom stereocenters. The molecule has 8 nitrogen and oxygen atoms in total. The van der Waals surface area contributed by atoms with Crippen molar-refractivity contribution in [2.75, 3.05) is 23.7 Å². The van der Waals surface area contributed by atoms with E-state index in [0.29, 0.717) is 17.9 Å². The Morgan fingerprint density at radius 3 is 2.91 bits per heavy atom. The number of rotatable bonds is 5. The Bertz CT molecular complexity index is 1190. The predicted octanol–water partition coefficient (Wildman–Crippen LogP) is 2.49. The molecule has 3 aliphatic rings. The van der Waals surface area contributed by atoms with Gasteiger partial charge in [0.15, 0.2) is 0 Å². The molecule has 32 heavy (non-hydrogen) atoms. The average molecular weight is 430 g/mol. The highest BCUT2D eigenvalue weighted by Crippen LogP contribution is 2.46. The second-order valence-electron chi connectivity index (χ2n) is 9.39. The van der Waals surface area contributed by atoms with Crippen LogP contribution in [0.5, 0.6) is 0 Å². The van der Waals surface area contributed by atoms with Gasteiger partial charge in [0.1, 0.15) is 11.6 Å². The van der Waals surface area contributed by atoms with E-state index in [-0.39, 0.29) is 11.9 Å². The van der Waals surface area contributed by atoms with E-state index in [1.165, 1.54) is 12.0 Å². The fourth-order valence-corrected chi connectivity index (χ4v) is 5.11. The number of nitrogens with one attached hydrogen (secondary N) is 1. The van der Waals surface area contributed by atoms with E-state index in [1.54, 1.807) is 23.1 Å². The van der Waals surface area contributed by atoms with Crippen LogP contribution < -0.4 is 16.0 Å². The van der Waals surface area contributed by atoms with Crippen molar-refractivity contribution in [2.45, 2.75) is 38.8 Å². The molecular formula is C24H27N7O. The standard InChI is InChI=1S/C24H27N7O/c1-14-6-23(30-10-15-7-16(15)11-30)26-8-17(14)12-31-13-18(9-27-31)24(32)29-21-4-3-20-19(21)2-5-22(25)28-20/h2,5-6,8-9,13,15-16,21H,3-4,7,10-12H2,1H3,(H2,25,28)(H,29,32)/t15?,16?,21-/m1/s1. The Kier molecular flexibility index (Phi) is 4.41. The number of carbonyl (C=O) groups is 1. The normalized spacial score (nSPS) is 23.2. The van der Waals surface area contributed by atoms with E-state index >= 15 is 0 Å². The van der Waals surface area contributed by atoms with Gasteiger partial charge in [-0.15, -0.1) is 0 Å². The molecule has 1 aliphatic heterocycles. The van der Waals surface area contributed by atoms with Crippen LogP contribution in [-0.2, 0) is 13.0 Å². The van der Waals surface area contributed by atoms with Gasteiger partial charge >= 0.3 is 0 Å². The number of hydrogen-bond donors (Lipinski definition) is 2. The predicted molar refractivity (Wildman–Crippen MR) is 121 cm³/mol. The fourth-order valence-electron chi connectivity index (χ4n) is 5.11. The number of anilines is 2. The lowest BCUT2D eigenvalue weighted by molar-refractivity contribution is 0.0936. The van der Waals surface area contributed by atoms with Crippen molar-refractivity contribution in [2.24, 2.45) is 11.8 Å². The quantitative estimate of drug-likeness (QED) is 0.646. The molecule has 8 heteroatoms. The first-order chi connectivity index (χ1) is 15.5. The van der Waals surface area contributed by atoms with E-state index < -0.39 is 0 Å². The molecule has 2 unspecified atom stereocenters. The number of hydrogen-bond acceptors (Lipinski definition) is 6. The highest BCUT2D eigenvalue weighted by Gasteiger charge is 2.45. The number of aromatic nitrogens is 4. The first-order valence-corrected chi connectivity index (χ1v) is 11.3. The van der Waals surface area contributed by atoms with Crippen molar-refractivity contribution in [1.29, 1.82) is 0 Å². The lowest BCUT2D eigenvalue weighted by atomic mass is 10.1. The molecule has 0 bridgehead atoms. The summed E-state index contributed by atoms with van der Waals surface area (Å²) in [6.07, 6.45) is 8.42. The molecule has 0 aromatic carbocycles. The highest BCUT2D eigenvalue weighted by atomic mass is 16.1. The number of carbonyl (C=O) groups excluding carboxylic acids is 1. The highest BCUT2D eigenvalue weighted by molar-refractivity contribution is 5.94. The molecule has 164 valence electrons. The third kappa shape index (κ3) is 3.49. The number of nitrogens with zero attached hydrogens (tertiary/aromatic N) is 5. The van der Waals surface area contributed by atoms with Gasteiger partial charge in [0.25, 0.3) is 5.91 Å². The lowest BCUT2D eigenvalue weighted by Gasteiger charge is -2.20. The van der Waals surface area contributed by atoms with Crippen LogP contribution in [0.2, 0.25) is 0 Å². The van der Waals surface area contributed by atoms with Crippen molar-refractivity contribution in [3.8, 4) is 0 Å². The molecule has 0 spiro atoms. The first kappa shape index (κ1) is 19.3. The summed E-state index contributed by atoms with van der Waals surface area (Å²) >= 11 is 0. The molecule has 6 rings (SSSR count). The molecule has 4 heterocycles. The maximum absolute atomic E-state index is 12.8. The molecule has 1 saturated heterocycles. The van der Waals surface area contributed by atoms with Crippen LogP contribution in [0, 0.1) is 18.8 Å². The molecular weight excluding hydrogens is 402 g/mol. The van der Waals surface area contributed by atoms with Crippen molar-refractivity contribution in [3.05, 3.63) is 64.7 Å². The summed E-state index contributed by atoms with van der Waals surface area (Å²) in [5, 5.41) is 7.52. The topological polar surface area (TPSA) is 102 Å². The summed E-state index contributed by atoms with van der Waals surface area (Å²) in [7, 11) is 0. The van der Waals surface area contributed by atoms with Gasteiger partial charge < -0.3 is 16.0 Å². The lowest BCUT2D eigenvalue weighted by Crippen LogP contribution is -2.26. The van der Waals surface area contributed by atoms with Crippen LogP contribution in [0.3, 0.4) is 0 Å². The Morgan fingerprint density at radius 2 is 2.09 bits per heavy atom. The third-order valence-corrected chi connectivity index (χ3v) is 7.12. The minimum atomic E-state index is -0.122. The van der Waals surface area contributed by atoms with Crippen molar-refractivity contribution >= 4 is 17.5 Å². The van der Waals surface area contributed by atoms with E-state index in [9.17, 15) is 4.79 Å².